The highest BCUT2D eigenvalue weighted by Gasteiger charge is 2.25. The van der Waals surface area contributed by atoms with Crippen LogP contribution >= 0.6 is 0 Å². The quantitative estimate of drug-likeness (QED) is 0.784. The Bertz CT molecular complexity index is 430. The summed E-state index contributed by atoms with van der Waals surface area (Å²) in [4.78, 5) is 7.52. The van der Waals surface area contributed by atoms with Gasteiger partial charge in [-0.1, -0.05) is 6.92 Å². The molecule has 0 radical (unpaired) electrons. The molecule has 0 aromatic carbocycles. The molecular formula is C9H13FN2O2S. The van der Waals surface area contributed by atoms with Gasteiger partial charge in [-0.3, -0.25) is 0 Å². The van der Waals surface area contributed by atoms with E-state index in [9.17, 15) is 12.8 Å². The summed E-state index contributed by atoms with van der Waals surface area (Å²) in [6.45, 7) is 3.30. The van der Waals surface area contributed by atoms with E-state index in [0.29, 0.717) is 5.82 Å². The van der Waals surface area contributed by atoms with Crippen LogP contribution in [0, 0.1) is 5.82 Å². The fourth-order valence-corrected chi connectivity index (χ4v) is 2.00. The first-order valence-corrected chi connectivity index (χ1v) is 6.44. The third-order valence-electron chi connectivity index (χ3n) is 2.43. The molecule has 1 aromatic heterocycles. The molecule has 0 aliphatic carbocycles. The lowest BCUT2D eigenvalue weighted by Gasteiger charge is -2.16. The Morgan fingerprint density at radius 1 is 1.27 bits per heavy atom. The van der Waals surface area contributed by atoms with Crippen molar-refractivity contribution < 1.29 is 12.8 Å². The van der Waals surface area contributed by atoms with Crippen LogP contribution in [0.5, 0.6) is 0 Å². The van der Waals surface area contributed by atoms with Gasteiger partial charge < -0.3 is 0 Å². The van der Waals surface area contributed by atoms with Gasteiger partial charge in [0, 0.05) is 12.2 Å². The normalized spacial score (nSPS) is 16.0. The predicted molar refractivity (Wildman–Crippen MR) is 54.7 cm³/mol. The lowest BCUT2D eigenvalue weighted by atomic mass is 10.1. The Labute approximate surface area is 88.5 Å². The van der Waals surface area contributed by atoms with Crippen LogP contribution < -0.4 is 0 Å². The zero-order valence-electron chi connectivity index (χ0n) is 8.81. The molecule has 0 fully saturated rings. The van der Waals surface area contributed by atoms with E-state index in [1.54, 1.807) is 13.8 Å². The Morgan fingerprint density at radius 2 is 1.73 bits per heavy atom. The zero-order valence-corrected chi connectivity index (χ0v) is 9.62. The van der Waals surface area contributed by atoms with Crippen LogP contribution in [0.1, 0.15) is 25.6 Å². The number of rotatable bonds is 3. The summed E-state index contributed by atoms with van der Waals surface area (Å²) in [6.07, 6.45) is 3.24. The molecule has 2 atom stereocenters. The molecule has 0 saturated carbocycles. The van der Waals surface area contributed by atoms with E-state index in [0.717, 1.165) is 18.6 Å². The third-order valence-corrected chi connectivity index (χ3v) is 4.19. The van der Waals surface area contributed by atoms with E-state index in [4.69, 9.17) is 0 Å². The number of nitrogens with zero attached hydrogens (tertiary/aromatic N) is 2. The average molecular weight is 232 g/mol. The molecule has 1 heterocycles. The molecule has 4 nitrogen and oxygen atoms in total. The van der Waals surface area contributed by atoms with Crippen molar-refractivity contribution in [2.75, 3.05) is 6.26 Å². The van der Waals surface area contributed by atoms with E-state index in [1.807, 2.05) is 0 Å². The second-order valence-electron chi connectivity index (χ2n) is 3.58. The lowest BCUT2D eigenvalue weighted by molar-refractivity contribution is 0.563. The summed E-state index contributed by atoms with van der Waals surface area (Å²) in [5, 5.41) is -0.581. The van der Waals surface area contributed by atoms with Gasteiger partial charge in [-0.15, -0.1) is 0 Å². The van der Waals surface area contributed by atoms with Crippen molar-refractivity contribution in [1.82, 2.24) is 9.97 Å². The molecule has 0 bridgehead atoms. The Hall–Kier alpha value is -1.04. The topological polar surface area (TPSA) is 59.9 Å². The van der Waals surface area contributed by atoms with Crippen LogP contribution in [0.25, 0.3) is 0 Å². The molecule has 0 saturated heterocycles. The maximum Gasteiger partial charge on any atom is 0.159 e. The molecule has 1 rings (SSSR count). The average Bonchev–Trinajstić information content (AvgIpc) is 2.15. The van der Waals surface area contributed by atoms with Crippen LogP contribution in [0.15, 0.2) is 12.4 Å². The summed E-state index contributed by atoms with van der Waals surface area (Å²) >= 11 is 0. The number of aromatic nitrogens is 2. The number of hydrogen-bond donors (Lipinski definition) is 0. The number of sulfone groups is 1. The summed E-state index contributed by atoms with van der Waals surface area (Å²) in [5.74, 6) is -0.534. The van der Waals surface area contributed by atoms with E-state index >= 15 is 0 Å². The fraction of sp³-hybridized carbons (Fsp3) is 0.556. The number of hydrogen-bond acceptors (Lipinski definition) is 4. The van der Waals surface area contributed by atoms with Crippen LogP contribution in [-0.4, -0.2) is 29.9 Å². The molecule has 15 heavy (non-hydrogen) atoms. The van der Waals surface area contributed by atoms with Gasteiger partial charge in [0.05, 0.1) is 17.6 Å². The summed E-state index contributed by atoms with van der Waals surface area (Å²) in [7, 11) is -3.13. The molecule has 0 spiro atoms. The second-order valence-corrected chi connectivity index (χ2v) is 5.99. The first-order chi connectivity index (χ1) is 6.82. The van der Waals surface area contributed by atoms with Gasteiger partial charge in [-0.2, -0.15) is 0 Å². The predicted octanol–water partition coefficient (Wildman–Crippen LogP) is 1.15. The van der Waals surface area contributed by atoms with Gasteiger partial charge in [0.25, 0.3) is 0 Å². The fourth-order valence-electron chi connectivity index (χ4n) is 1.14. The monoisotopic (exact) mass is 232 g/mol. The maximum atomic E-state index is 12.5. The molecule has 1 aromatic rings. The molecule has 0 unspecified atom stereocenters. The molecule has 6 heteroatoms. The van der Waals surface area contributed by atoms with Crippen molar-refractivity contribution in [1.29, 1.82) is 0 Å². The zero-order chi connectivity index (χ0) is 11.6. The molecule has 0 amide bonds. The van der Waals surface area contributed by atoms with Crippen molar-refractivity contribution in [2.45, 2.75) is 25.0 Å². The second kappa shape index (κ2) is 4.22. The third kappa shape index (κ3) is 2.95. The van der Waals surface area contributed by atoms with Gasteiger partial charge in [-0.05, 0) is 6.92 Å². The van der Waals surface area contributed by atoms with Gasteiger partial charge in [0.2, 0.25) is 0 Å². The molecule has 0 aliphatic heterocycles. The molecule has 0 aliphatic rings. The summed E-state index contributed by atoms with van der Waals surface area (Å²) in [6, 6.07) is 0. The number of halogens is 1. The minimum absolute atomic E-state index is 0.342. The minimum atomic E-state index is -3.13. The largest absolute Gasteiger partial charge is 0.238 e. The van der Waals surface area contributed by atoms with Crippen LogP contribution in [0.3, 0.4) is 0 Å². The van der Waals surface area contributed by atoms with Gasteiger partial charge in [0.15, 0.2) is 15.7 Å². The Morgan fingerprint density at radius 3 is 2.13 bits per heavy atom. The standard InChI is InChI=1S/C9H13FN2O2S/c1-6(7(2)15(3,13)14)9-11-4-8(10)5-12-9/h4-7H,1-3H3/t6-,7-/m0/s1. The van der Waals surface area contributed by atoms with Crippen LogP contribution in [0.2, 0.25) is 0 Å². The first-order valence-electron chi connectivity index (χ1n) is 4.48. The van der Waals surface area contributed by atoms with Crippen molar-refractivity contribution in [3.8, 4) is 0 Å². The van der Waals surface area contributed by atoms with Crippen molar-refractivity contribution >= 4 is 9.84 Å². The smallest absolute Gasteiger partial charge is 0.159 e. The Kier molecular flexibility index (Phi) is 3.38. The van der Waals surface area contributed by atoms with Crippen molar-refractivity contribution in [2.24, 2.45) is 0 Å². The summed E-state index contributed by atoms with van der Waals surface area (Å²) < 4.78 is 35.1. The maximum absolute atomic E-state index is 12.5. The first kappa shape index (κ1) is 12.0. The van der Waals surface area contributed by atoms with Crippen LogP contribution in [0.4, 0.5) is 4.39 Å². The van der Waals surface area contributed by atoms with E-state index in [1.165, 1.54) is 0 Å². The van der Waals surface area contributed by atoms with Crippen LogP contribution in [-0.2, 0) is 9.84 Å². The van der Waals surface area contributed by atoms with Gasteiger partial charge in [0.1, 0.15) is 5.82 Å². The van der Waals surface area contributed by atoms with E-state index in [-0.39, 0.29) is 5.92 Å². The summed E-state index contributed by atoms with van der Waals surface area (Å²) in [5.41, 5.74) is 0. The van der Waals surface area contributed by atoms with Gasteiger partial charge >= 0.3 is 0 Å². The van der Waals surface area contributed by atoms with E-state index < -0.39 is 20.9 Å². The molecular weight excluding hydrogens is 219 g/mol. The SMILES string of the molecule is C[C@H](c1ncc(F)cn1)[C@H](C)S(C)(=O)=O. The highest BCUT2D eigenvalue weighted by Crippen LogP contribution is 2.20. The van der Waals surface area contributed by atoms with Crippen molar-refractivity contribution in [3.63, 3.8) is 0 Å². The minimum Gasteiger partial charge on any atom is -0.238 e. The highest BCUT2D eigenvalue weighted by molar-refractivity contribution is 7.91. The van der Waals surface area contributed by atoms with Gasteiger partial charge in [-0.25, -0.2) is 22.8 Å². The molecule has 0 N–H and O–H groups in total. The molecule has 84 valence electrons. The van der Waals surface area contributed by atoms with Crippen molar-refractivity contribution in [3.05, 3.63) is 24.0 Å². The highest BCUT2D eigenvalue weighted by atomic mass is 32.2. The van der Waals surface area contributed by atoms with E-state index in [2.05, 4.69) is 9.97 Å². The Balaban J connectivity index is 2.95. The lowest BCUT2D eigenvalue weighted by Crippen LogP contribution is -2.24.